The molecular weight excluding hydrogens is 543 g/mol. The number of fused-ring (bicyclic) bond motifs is 1. The van der Waals surface area contributed by atoms with Gasteiger partial charge in [0.15, 0.2) is 0 Å². The first-order valence-electron chi connectivity index (χ1n) is 12.2. The minimum absolute atomic E-state index is 0.161. The largest absolute Gasteiger partial charge is 0.277 e. The van der Waals surface area contributed by atoms with Gasteiger partial charge in [-0.1, -0.05) is 54.4 Å². The van der Waals surface area contributed by atoms with E-state index >= 15 is 0 Å². The lowest BCUT2D eigenvalue weighted by atomic mass is 9.73. The summed E-state index contributed by atoms with van der Waals surface area (Å²) in [6, 6.07) is 16.9. The Kier molecular flexibility index (Phi) is 7.20. The van der Waals surface area contributed by atoms with Crippen LogP contribution in [0.4, 0.5) is 11.4 Å². The number of nitro benzene ring substituents is 2. The van der Waals surface area contributed by atoms with E-state index in [1.54, 1.807) is 24.3 Å². The van der Waals surface area contributed by atoms with Crippen molar-refractivity contribution in [3.63, 3.8) is 0 Å². The van der Waals surface area contributed by atoms with E-state index in [4.69, 9.17) is 28.3 Å². The lowest BCUT2D eigenvalue weighted by molar-refractivity contribution is -0.394. The topological polar surface area (TPSA) is 119 Å². The summed E-state index contributed by atoms with van der Waals surface area (Å²) in [5.74, 6) is -0.537. The van der Waals surface area contributed by atoms with Gasteiger partial charge >= 0.3 is 0 Å². The van der Waals surface area contributed by atoms with Gasteiger partial charge in [0.2, 0.25) is 0 Å². The zero-order valence-electron chi connectivity index (χ0n) is 20.7. The van der Waals surface area contributed by atoms with Gasteiger partial charge in [0, 0.05) is 28.1 Å². The van der Waals surface area contributed by atoms with Crippen molar-refractivity contribution in [1.82, 2.24) is 5.01 Å². The molecule has 0 spiro atoms. The molecule has 0 saturated heterocycles. The lowest BCUT2D eigenvalue weighted by Gasteiger charge is -2.32. The van der Waals surface area contributed by atoms with Crippen LogP contribution in [-0.4, -0.2) is 26.5 Å². The Hall–Kier alpha value is -4.08. The molecule has 0 bridgehead atoms. The average Bonchev–Trinajstić information content (AvgIpc) is 3.29. The monoisotopic (exact) mass is 564 g/mol. The van der Waals surface area contributed by atoms with E-state index < -0.39 is 33.2 Å². The third-order valence-corrected chi connectivity index (χ3v) is 7.47. The molecule has 1 saturated carbocycles. The quantitative estimate of drug-likeness (QED) is 0.235. The second-order valence-corrected chi connectivity index (χ2v) is 10.6. The molecule has 2 aliphatic rings. The molecular formula is C28H22Cl2N4O5. The fourth-order valence-electron chi connectivity index (χ4n) is 5.27. The molecule has 1 amide bonds. The van der Waals surface area contributed by atoms with Crippen molar-refractivity contribution in [2.24, 2.45) is 16.9 Å². The van der Waals surface area contributed by atoms with E-state index in [0.29, 0.717) is 10.0 Å². The number of rotatable bonds is 5. The first-order valence-corrected chi connectivity index (χ1v) is 12.9. The highest BCUT2D eigenvalue weighted by atomic mass is 35.5. The van der Waals surface area contributed by atoms with Crippen LogP contribution in [0.15, 0.2) is 77.4 Å². The van der Waals surface area contributed by atoms with Crippen LogP contribution < -0.4 is 0 Å². The van der Waals surface area contributed by atoms with Crippen LogP contribution in [-0.2, 0) is 0 Å². The highest BCUT2D eigenvalue weighted by Gasteiger charge is 2.45. The minimum atomic E-state index is -0.759. The first kappa shape index (κ1) is 26.5. The molecule has 0 radical (unpaired) electrons. The maximum atomic E-state index is 13.9. The van der Waals surface area contributed by atoms with Gasteiger partial charge in [-0.15, -0.1) is 0 Å². The molecule has 1 fully saturated rings. The number of amides is 1. The molecule has 5 rings (SSSR count). The Labute approximate surface area is 233 Å². The second kappa shape index (κ2) is 10.6. The molecule has 198 valence electrons. The Balaban J connectivity index is 1.63. The molecule has 11 heteroatoms. The summed E-state index contributed by atoms with van der Waals surface area (Å²) in [5, 5.41) is 30.2. The summed E-state index contributed by atoms with van der Waals surface area (Å²) in [6.07, 6.45) is 3.53. The van der Waals surface area contributed by atoms with E-state index in [-0.39, 0.29) is 17.4 Å². The smallest absolute Gasteiger partial charge is 0.267 e. The zero-order valence-corrected chi connectivity index (χ0v) is 22.2. The molecule has 0 unspecified atom stereocenters. The van der Waals surface area contributed by atoms with Crippen LogP contribution in [0.25, 0.3) is 6.08 Å². The number of benzene rings is 3. The lowest BCUT2D eigenvalue weighted by Crippen LogP contribution is -2.33. The van der Waals surface area contributed by atoms with Crippen molar-refractivity contribution in [1.29, 1.82) is 0 Å². The summed E-state index contributed by atoms with van der Waals surface area (Å²) >= 11 is 12.2. The van der Waals surface area contributed by atoms with Gasteiger partial charge in [0.05, 0.1) is 33.2 Å². The third-order valence-electron chi connectivity index (χ3n) is 6.97. The molecule has 0 N–H and O–H groups in total. The van der Waals surface area contributed by atoms with E-state index in [9.17, 15) is 25.0 Å². The second-order valence-electron chi connectivity index (χ2n) is 9.76. The molecule has 39 heavy (non-hydrogen) atoms. The third kappa shape index (κ3) is 5.41. The summed E-state index contributed by atoms with van der Waals surface area (Å²) < 4.78 is 0. The maximum absolute atomic E-state index is 13.9. The number of hydrogen-bond donors (Lipinski definition) is 0. The Morgan fingerprint density at radius 1 is 0.949 bits per heavy atom. The van der Waals surface area contributed by atoms with Gasteiger partial charge in [-0.05, 0) is 65.8 Å². The van der Waals surface area contributed by atoms with Crippen molar-refractivity contribution < 1.29 is 14.6 Å². The van der Waals surface area contributed by atoms with Gasteiger partial charge in [-0.2, -0.15) is 5.10 Å². The number of hydrazone groups is 1. The molecule has 1 aliphatic carbocycles. The van der Waals surface area contributed by atoms with Crippen LogP contribution >= 0.6 is 23.2 Å². The SMILES string of the molecule is C[C@@H]1C/C(=C\c2ccc(Cl)cc2)C2=NN(C(=O)c3cc([N+](=O)[O-])cc([N+](=O)[O-])c3)[C@H](c3ccc(Cl)cc3)[C@H]2C1. The normalized spacial score (nSPS) is 21.4. The predicted molar refractivity (Wildman–Crippen MR) is 149 cm³/mol. The molecule has 0 aromatic heterocycles. The number of nitro groups is 2. The Bertz CT molecular complexity index is 1500. The van der Waals surface area contributed by atoms with Crippen molar-refractivity contribution in [2.75, 3.05) is 0 Å². The number of carbonyl (C=O) groups excluding carboxylic acids is 1. The van der Waals surface area contributed by atoms with Gasteiger partial charge < -0.3 is 0 Å². The molecule has 3 aromatic rings. The summed E-state index contributed by atoms with van der Waals surface area (Å²) in [4.78, 5) is 35.3. The summed E-state index contributed by atoms with van der Waals surface area (Å²) in [5.41, 5.74) is 2.17. The number of carbonyl (C=O) groups is 1. The molecule has 3 atom stereocenters. The zero-order chi connectivity index (χ0) is 27.8. The molecule has 1 aliphatic heterocycles. The fraction of sp³-hybridized carbons (Fsp3) is 0.214. The molecule has 3 aromatic carbocycles. The predicted octanol–water partition coefficient (Wildman–Crippen LogP) is 7.49. The van der Waals surface area contributed by atoms with E-state index in [0.717, 1.165) is 53.5 Å². The van der Waals surface area contributed by atoms with Gasteiger partial charge in [0.25, 0.3) is 17.3 Å². The van der Waals surface area contributed by atoms with Crippen LogP contribution in [0.1, 0.15) is 47.3 Å². The van der Waals surface area contributed by atoms with Crippen LogP contribution in [0.2, 0.25) is 10.0 Å². The molecule has 1 heterocycles. The van der Waals surface area contributed by atoms with Crippen molar-refractivity contribution in [3.05, 3.63) is 119 Å². The Morgan fingerprint density at radius 3 is 2.08 bits per heavy atom. The van der Waals surface area contributed by atoms with Gasteiger partial charge in [-0.25, -0.2) is 5.01 Å². The fourth-order valence-corrected chi connectivity index (χ4v) is 5.52. The number of hydrogen-bond acceptors (Lipinski definition) is 6. The van der Waals surface area contributed by atoms with Gasteiger partial charge in [-0.3, -0.25) is 25.0 Å². The average molecular weight is 565 g/mol. The Morgan fingerprint density at radius 2 is 1.51 bits per heavy atom. The highest BCUT2D eigenvalue weighted by molar-refractivity contribution is 6.30. The number of non-ortho nitro benzene ring substituents is 2. The number of halogens is 2. The van der Waals surface area contributed by atoms with Crippen molar-refractivity contribution >= 4 is 52.3 Å². The standard InChI is InChI=1S/C28H22Cl2N4O5/c1-16-10-19(12-17-2-6-21(29)7-3-17)26-25(11-16)27(18-4-8-22(30)9-5-18)32(31-26)28(35)20-13-23(33(36)37)15-24(14-20)34(38)39/h2-9,12-16,25,27H,10-11H2,1H3/b19-12+/t16-,25+,27-/m1/s1. The van der Waals surface area contributed by atoms with E-state index in [1.165, 1.54) is 5.01 Å². The van der Waals surface area contributed by atoms with Crippen molar-refractivity contribution in [2.45, 2.75) is 25.8 Å². The van der Waals surface area contributed by atoms with E-state index in [2.05, 4.69) is 6.92 Å². The van der Waals surface area contributed by atoms with Crippen LogP contribution in [0, 0.1) is 32.1 Å². The first-order chi connectivity index (χ1) is 18.6. The molecule has 9 nitrogen and oxygen atoms in total. The summed E-state index contributed by atoms with van der Waals surface area (Å²) in [7, 11) is 0. The minimum Gasteiger partial charge on any atom is -0.267 e. The number of nitrogens with zero attached hydrogens (tertiary/aromatic N) is 4. The summed E-state index contributed by atoms with van der Waals surface area (Å²) in [6.45, 7) is 2.14. The van der Waals surface area contributed by atoms with Crippen molar-refractivity contribution in [3.8, 4) is 0 Å². The van der Waals surface area contributed by atoms with Crippen LogP contribution in [0.3, 0.4) is 0 Å². The van der Waals surface area contributed by atoms with Gasteiger partial charge in [0.1, 0.15) is 0 Å². The van der Waals surface area contributed by atoms with Crippen LogP contribution in [0.5, 0.6) is 0 Å². The maximum Gasteiger partial charge on any atom is 0.277 e. The number of allylic oxidation sites excluding steroid dienone is 1. The van der Waals surface area contributed by atoms with E-state index in [1.807, 2.05) is 30.3 Å². The highest BCUT2D eigenvalue weighted by Crippen LogP contribution is 2.47.